The Kier molecular flexibility index (Phi) is 2.82. The van der Waals surface area contributed by atoms with Crippen molar-refractivity contribution < 1.29 is 0 Å². The van der Waals surface area contributed by atoms with Crippen LogP contribution in [-0.2, 0) is 13.5 Å². The lowest BCUT2D eigenvalue weighted by Crippen LogP contribution is -2.36. The van der Waals surface area contributed by atoms with Crippen molar-refractivity contribution in [3.8, 4) is 0 Å². The van der Waals surface area contributed by atoms with Crippen molar-refractivity contribution in [2.75, 3.05) is 13.1 Å². The van der Waals surface area contributed by atoms with Crippen molar-refractivity contribution in [2.24, 2.45) is 18.9 Å². The zero-order valence-corrected chi connectivity index (χ0v) is 8.90. The lowest BCUT2D eigenvalue weighted by atomic mass is 9.85. The molecule has 1 N–H and O–H groups in total. The molecule has 1 fully saturated rings. The van der Waals surface area contributed by atoms with E-state index in [1.165, 1.54) is 6.42 Å². The van der Waals surface area contributed by atoms with Crippen LogP contribution in [0.4, 0.5) is 0 Å². The minimum atomic E-state index is 0.714. The molecule has 0 amide bonds. The van der Waals surface area contributed by atoms with Crippen molar-refractivity contribution in [1.82, 2.24) is 20.1 Å². The van der Waals surface area contributed by atoms with Gasteiger partial charge in [-0.15, -0.1) is 0 Å². The summed E-state index contributed by atoms with van der Waals surface area (Å²) in [4.78, 5) is 4.27. The van der Waals surface area contributed by atoms with Gasteiger partial charge in [0.2, 0.25) is 0 Å². The Bertz CT molecular complexity index is 294. The Morgan fingerprint density at radius 3 is 3.14 bits per heavy atom. The maximum absolute atomic E-state index is 4.27. The van der Waals surface area contributed by atoms with Crippen LogP contribution in [-0.4, -0.2) is 27.9 Å². The number of piperidine rings is 1. The minimum absolute atomic E-state index is 0.714. The maximum atomic E-state index is 4.27. The lowest BCUT2D eigenvalue weighted by Gasteiger charge is -2.29. The zero-order chi connectivity index (χ0) is 9.97. The molecule has 0 spiro atoms. The summed E-state index contributed by atoms with van der Waals surface area (Å²) < 4.78 is 1.88. The summed E-state index contributed by atoms with van der Waals surface area (Å²) in [5.41, 5.74) is 0. The van der Waals surface area contributed by atoms with Gasteiger partial charge in [-0.05, 0) is 31.3 Å². The Morgan fingerprint density at radius 2 is 2.50 bits per heavy atom. The normalized spacial score (nSPS) is 27.9. The first kappa shape index (κ1) is 9.65. The first-order chi connectivity index (χ1) is 6.77. The van der Waals surface area contributed by atoms with E-state index in [0.29, 0.717) is 5.92 Å². The van der Waals surface area contributed by atoms with E-state index in [1.54, 1.807) is 6.33 Å². The predicted octanol–water partition coefficient (Wildman–Crippen LogP) is 0.603. The molecule has 0 aromatic carbocycles. The molecule has 1 aliphatic rings. The van der Waals surface area contributed by atoms with E-state index in [-0.39, 0.29) is 0 Å². The van der Waals surface area contributed by atoms with Crippen molar-refractivity contribution in [2.45, 2.75) is 19.8 Å². The van der Waals surface area contributed by atoms with Crippen LogP contribution >= 0.6 is 0 Å². The molecular weight excluding hydrogens is 176 g/mol. The molecule has 2 heterocycles. The van der Waals surface area contributed by atoms with Gasteiger partial charge in [-0.25, -0.2) is 4.98 Å². The van der Waals surface area contributed by atoms with Crippen LogP contribution in [0, 0.1) is 11.8 Å². The minimum Gasteiger partial charge on any atom is -0.316 e. The SMILES string of the molecule is CC1CCNCC1Cc1ncnn1C. The zero-order valence-electron chi connectivity index (χ0n) is 8.90. The second-order valence-corrected chi connectivity index (χ2v) is 4.23. The van der Waals surface area contributed by atoms with Crippen molar-refractivity contribution in [3.05, 3.63) is 12.2 Å². The van der Waals surface area contributed by atoms with Crippen LogP contribution in [0.25, 0.3) is 0 Å². The van der Waals surface area contributed by atoms with Crippen LogP contribution in [0.3, 0.4) is 0 Å². The highest BCUT2D eigenvalue weighted by Crippen LogP contribution is 2.21. The topological polar surface area (TPSA) is 42.7 Å². The molecule has 2 unspecified atom stereocenters. The number of nitrogens with zero attached hydrogens (tertiary/aromatic N) is 3. The number of aryl methyl sites for hydroxylation is 1. The average Bonchev–Trinajstić information content (AvgIpc) is 2.56. The summed E-state index contributed by atoms with van der Waals surface area (Å²) in [5, 5.41) is 7.53. The van der Waals surface area contributed by atoms with Crippen LogP contribution in [0.1, 0.15) is 19.2 Å². The van der Waals surface area contributed by atoms with Crippen LogP contribution in [0.2, 0.25) is 0 Å². The summed E-state index contributed by atoms with van der Waals surface area (Å²) in [6.07, 6.45) is 3.96. The maximum Gasteiger partial charge on any atom is 0.138 e. The smallest absolute Gasteiger partial charge is 0.138 e. The van der Waals surface area contributed by atoms with Gasteiger partial charge in [0, 0.05) is 13.5 Å². The van der Waals surface area contributed by atoms with E-state index < -0.39 is 0 Å². The van der Waals surface area contributed by atoms with Crippen LogP contribution < -0.4 is 5.32 Å². The van der Waals surface area contributed by atoms with Gasteiger partial charge in [0.1, 0.15) is 12.2 Å². The van der Waals surface area contributed by atoms with Gasteiger partial charge in [0.15, 0.2) is 0 Å². The van der Waals surface area contributed by atoms with Gasteiger partial charge in [0.25, 0.3) is 0 Å². The van der Waals surface area contributed by atoms with Gasteiger partial charge in [0.05, 0.1) is 0 Å². The molecule has 0 aliphatic carbocycles. The second-order valence-electron chi connectivity index (χ2n) is 4.23. The Balaban J connectivity index is 1.99. The molecule has 4 nitrogen and oxygen atoms in total. The third kappa shape index (κ3) is 1.95. The Morgan fingerprint density at radius 1 is 1.64 bits per heavy atom. The number of aromatic nitrogens is 3. The summed E-state index contributed by atoms with van der Waals surface area (Å²) >= 11 is 0. The highest BCUT2D eigenvalue weighted by Gasteiger charge is 2.22. The fraction of sp³-hybridized carbons (Fsp3) is 0.800. The predicted molar refractivity (Wildman–Crippen MR) is 54.8 cm³/mol. The number of rotatable bonds is 2. The van der Waals surface area contributed by atoms with Crippen molar-refractivity contribution in [3.63, 3.8) is 0 Å². The van der Waals surface area contributed by atoms with Gasteiger partial charge < -0.3 is 5.32 Å². The van der Waals surface area contributed by atoms with Crippen LogP contribution in [0.5, 0.6) is 0 Å². The fourth-order valence-corrected chi connectivity index (χ4v) is 2.07. The highest BCUT2D eigenvalue weighted by atomic mass is 15.3. The van der Waals surface area contributed by atoms with Crippen LogP contribution in [0.15, 0.2) is 6.33 Å². The lowest BCUT2D eigenvalue weighted by molar-refractivity contribution is 0.267. The number of nitrogens with one attached hydrogen (secondary N) is 1. The van der Waals surface area contributed by atoms with E-state index >= 15 is 0 Å². The molecule has 0 bridgehead atoms. The van der Waals surface area contributed by atoms with Crippen molar-refractivity contribution in [1.29, 1.82) is 0 Å². The number of hydrogen-bond acceptors (Lipinski definition) is 3. The third-order valence-electron chi connectivity index (χ3n) is 3.24. The second kappa shape index (κ2) is 4.09. The fourth-order valence-electron chi connectivity index (χ4n) is 2.07. The van der Waals surface area contributed by atoms with Gasteiger partial charge in [-0.2, -0.15) is 5.10 Å². The largest absolute Gasteiger partial charge is 0.316 e. The average molecular weight is 194 g/mol. The number of hydrogen-bond donors (Lipinski definition) is 1. The summed E-state index contributed by atoms with van der Waals surface area (Å²) in [5.74, 6) is 2.62. The van der Waals surface area contributed by atoms with Gasteiger partial charge in [-0.1, -0.05) is 6.92 Å². The molecule has 1 aliphatic heterocycles. The van der Waals surface area contributed by atoms with E-state index in [4.69, 9.17) is 0 Å². The Labute approximate surface area is 84.7 Å². The van der Waals surface area contributed by atoms with Crippen molar-refractivity contribution >= 4 is 0 Å². The molecule has 78 valence electrons. The third-order valence-corrected chi connectivity index (χ3v) is 3.24. The molecule has 1 aromatic rings. The first-order valence-electron chi connectivity index (χ1n) is 5.31. The molecule has 2 atom stereocenters. The summed E-state index contributed by atoms with van der Waals surface area (Å²) in [6, 6.07) is 0. The first-order valence-corrected chi connectivity index (χ1v) is 5.31. The molecule has 2 rings (SSSR count). The summed E-state index contributed by atoms with van der Waals surface area (Å²) in [7, 11) is 1.96. The molecule has 1 aromatic heterocycles. The van der Waals surface area contributed by atoms with E-state index in [0.717, 1.165) is 31.3 Å². The molecular formula is C10H18N4. The molecule has 4 heteroatoms. The van der Waals surface area contributed by atoms with E-state index in [2.05, 4.69) is 22.3 Å². The highest BCUT2D eigenvalue weighted by molar-refractivity contribution is 4.89. The van der Waals surface area contributed by atoms with Gasteiger partial charge in [-0.3, -0.25) is 4.68 Å². The Hall–Kier alpha value is -0.900. The summed E-state index contributed by atoms with van der Waals surface area (Å²) in [6.45, 7) is 4.62. The molecule has 14 heavy (non-hydrogen) atoms. The standard InChI is InChI=1S/C10H18N4/c1-8-3-4-11-6-9(8)5-10-12-7-13-14(10)2/h7-9,11H,3-6H2,1-2H3. The van der Waals surface area contributed by atoms with E-state index in [9.17, 15) is 0 Å². The molecule has 0 saturated carbocycles. The van der Waals surface area contributed by atoms with E-state index in [1.807, 2.05) is 11.7 Å². The molecule has 0 radical (unpaired) electrons. The monoisotopic (exact) mass is 194 g/mol. The molecule has 1 saturated heterocycles. The van der Waals surface area contributed by atoms with Gasteiger partial charge >= 0.3 is 0 Å². The quantitative estimate of drug-likeness (QED) is 0.750.